The third-order valence-corrected chi connectivity index (χ3v) is 3.87. The van der Waals surface area contributed by atoms with E-state index in [2.05, 4.69) is 16.7 Å². The number of benzene rings is 2. The molecule has 2 rings (SSSR count). The molecule has 5 nitrogen and oxygen atoms in total. The molecule has 0 saturated heterocycles. The van der Waals surface area contributed by atoms with Gasteiger partial charge in [-0.3, -0.25) is 9.59 Å². The first-order valence-corrected chi connectivity index (χ1v) is 8.24. The normalized spacial score (nSPS) is 10.2. The predicted octanol–water partition coefficient (Wildman–Crippen LogP) is 2.61. The van der Waals surface area contributed by atoms with Crippen LogP contribution >= 0.6 is 0 Å². The Morgan fingerprint density at radius 1 is 1.04 bits per heavy atom. The summed E-state index contributed by atoms with van der Waals surface area (Å²) in [6, 6.07) is 13.2. The summed E-state index contributed by atoms with van der Waals surface area (Å²) in [4.78, 5) is 23.1. The quantitative estimate of drug-likeness (QED) is 0.814. The molecule has 0 heterocycles. The van der Waals surface area contributed by atoms with Gasteiger partial charge >= 0.3 is 0 Å². The first kappa shape index (κ1) is 18.5. The van der Waals surface area contributed by atoms with E-state index in [0.29, 0.717) is 25.1 Å². The smallest absolute Gasteiger partial charge is 0.251 e. The third-order valence-electron chi connectivity index (χ3n) is 3.87. The van der Waals surface area contributed by atoms with Crippen molar-refractivity contribution in [3.05, 3.63) is 64.7 Å². The third kappa shape index (κ3) is 5.64. The minimum absolute atomic E-state index is 0.0756. The summed E-state index contributed by atoms with van der Waals surface area (Å²) in [7, 11) is 1.65. The Kier molecular flexibility index (Phi) is 6.57. The average molecular weight is 340 g/mol. The molecule has 2 amide bonds. The van der Waals surface area contributed by atoms with Crippen molar-refractivity contribution in [3.8, 4) is 5.75 Å². The molecule has 0 radical (unpaired) electrons. The second-order valence-corrected chi connectivity index (χ2v) is 5.93. The van der Waals surface area contributed by atoms with E-state index in [9.17, 15) is 9.59 Å². The Labute approximate surface area is 148 Å². The zero-order valence-electron chi connectivity index (χ0n) is 14.9. The molecule has 0 aliphatic heterocycles. The Bertz CT molecular complexity index is 739. The number of hydrogen-bond acceptors (Lipinski definition) is 3. The number of ether oxygens (including phenoxy) is 1. The van der Waals surface area contributed by atoms with Crippen LogP contribution in [0, 0.1) is 6.92 Å². The van der Waals surface area contributed by atoms with E-state index in [1.165, 1.54) is 6.92 Å². The maximum atomic E-state index is 12.2. The Morgan fingerprint density at radius 3 is 2.40 bits per heavy atom. The van der Waals surface area contributed by atoms with E-state index in [4.69, 9.17) is 4.74 Å². The van der Waals surface area contributed by atoms with Crippen LogP contribution < -0.4 is 15.4 Å². The molecule has 0 spiro atoms. The molecule has 0 unspecified atom stereocenters. The number of carbonyl (C=O) groups is 2. The van der Waals surface area contributed by atoms with Crippen molar-refractivity contribution < 1.29 is 14.3 Å². The van der Waals surface area contributed by atoms with Crippen molar-refractivity contribution in [1.29, 1.82) is 0 Å². The molecule has 0 atom stereocenters. The number of hydrogen-bond donors (Lipinski definition) is 2. The van der Waals surface area contributed by atoms with Gasteiger partial charge in [0, 0.05) is 25.6 Å². The van der Waals surface area contributed by atoms with Crippen LogP contribution in [-0.4, -0.2) is 25.5 Å². The zero-order chi connectivity index (χ0) is 18.2. The van der Waals surface area contributed by atoms with Crippen molar-refractivity contribution in [1.82, 2.24) is 10.6 Å². The molecule has 0 aromatic heterocycles. The van der Waals surface area contributed by atoms with Gasteiger partial charge in [0.2, 0.25) is 5.91 Å². The van der Waals surface area contributed by atoms with Gasteiger partial charge in [-0.2, -0.15) is 0 Å². The topological polar surface area (TPSA) is 67.4 Å². The van der Waals surface area contributed by atoms with Crippen molar-refractivity contribution in [3.63, 3.8) is 0 Å². The molecule has 0 bridgehead atoms. The maximum Gasteiger partial charge on any atom is 0.251 e. The average Bonchev–Trinajstić information content (AvgIpc) is 2.60. The molecular formula is C20H24N2O3. The van der Waals surface area contributed by atoms with Gasteiger partial charge < -0.3 is 15.4 Å². The standard InChI is InChI=1S/C20H24N2O3/c1-14-4-9-19(25-3)18(12-14)10-11-21-20(24)17-7-5-16(6-8-17)13-22-15(2)23/h4-9,12H,10-11,13H2,1-3H3,(H,21,24)(H,22,23). The van der Waals surface area contributed by atoms with Crippen LogP contribution in [0.2, 0.25) is 0 Å². The summed E-state index contributed by atoms with van der Waals surface area (Å²) in [5.74, 6) is 0.647. The number of nitrogens with one attached hydrogen (secondary N) is 2. The number of carbonyl (C=O) groups excluding carboxylic acids is 2. The van der Waals surface area contributed by atoms with Gasteiger partial charge in [-0.15, -0.1) is 0 Å². The minimum atomic E-state index is -0.113. The highest BCUT2D eigenvalue weighted by atomic mass is 16.5. The lowest BCUT2D eigenvalue weighted by atomic mass is 10.1. The van der Waals surface area contributed by atoms with Gasteiger partial charge in [-0.1, -0.05) is 29.8 Å². The van der Waals surface area contributed by atoms with Crippen LogP contribution in [0.15, 0.2) is 42.5 Å². The van der Waals surface area contributed by atoms with Crippen molar-refractivity contribution in [2.75, 3.05) is 13.7 Å². The van der Waals surface area contributed by atoms with Crippen molar-refractivity contribution >= 4 is 11.8 Å². The highest BCUT2D eigenvalue weighted by molar-refractivity contribution is 5.94. The van der Waals surface area contributed by atoms with Gasteiger partial charge in [0.05, 0.1) is 7.11 Å². The second-order valence-electron chi connectivity index (χ2n) is 5.93. The Hall–Kier alpha value is -2.82. The predicted molar refractivity (Wildman–Crippen MR) is 97.7 cm³/mol. The highest BCUT2D eigenvalue weighted by Gasteiger charge is 2.07. The van der Waals surface area contributed by atoms with Crippen LogP contribution in [-0.2, 0) is 17.8 Å². The van der Waals surface area contributed by atoms with E-state index < -0.39 is 0 Å². The van der Waals surface area contributed by atoms with Gasteiger partial charge in [0.25, 0.3) is 5.91 Å². The van der Waals surface area contributed by atoms with Gasteiger partial charge in [0.15, 0.2) is 0 Å². The molecule has 0 aliphatic rings. The number of amides is 2. The SMILES string of the molecule is COc1ccc(C)cc1CCNC(=O)c1ccc(CNC(C)=O)cc1. The molecule has 0 fully saturated rings. The highest BCUT2D eigenvalue weighted by Crippen LogP contribution is 2.19. The molecule has 2 N–H and O–H groups in total. The molecular weight excluding hydrogens is 316 g/mol. The van der Waals surface area contributed by atoms with E-state index in [-0.39, 0.29) is 11.8 Å². The minimum Gasteiger partial charge on any atom is -0.496 e. The maximum absolute atomic E-state index is 12.2. The number of methoxy groups -OCH3 is 1. The summed E-state index contributed by atoms with van der Waals surface area (Å²) in [5.41, 5.74) is 3.80. The lowest BCUT2D eigenvalue weighted by molar-refractivity contribution is -0.119. The largest absolute Gasteiger partial charge is 0.496 e. The van der Waals surface area contributed by atoms with Crippen molar-refractivity contribution in [2.24, 2.45) is 0 Å². The van der Waals surface area contributed by atoms with Crippen LogP contribution in [0.25, 0.3) is 0 Å². The van der Waals surface area contributed by atoms with E-state index in [1.54, 1.807) is 19.2 Å². The molecule has 2 aromatic carbocycles. The fourth-order valence-corrected chi connectivity index (χ4v) is 2.52. The monoisotopic (exact) mass is 340 g/mol. The zero-order valence-corrected chi connectivity index (χ0v) is 14.9. The van der Waals surface area contributed by atoms with Gasteiger partial charge in [-0.25, -0.2) is 0 Å². The van der Waals surface area contributed by atoms with Gasteiger partial charge in [-0.05, 0) is 42.7 Å². The summed E-state index contributed by atoms with van der Waals surface area (Å²) in [6.07, 6.45) is 0.706. The lowest BCUT2D eigenvalue weighted by Crippen LogP contribution is -2.26. The summed E-state index contributed by atoms with van der Waals surface area (Å²) < 4.78 is 5.35. The fourth-order valence-electron chi connectivity index (χ4n) is 2.52. The molecule has 5 heteroatoms. The van der Waals surface area contributed by atoms with E-state index in [1.807, 2.05) is 31.2 Å². The van der Waals surface area contributed by atoms with Crippen LogP contribution in [0.5, 0.6) is 5.75 Å². The van der Waals surface area contributed by atoms with Crippen molar-refractivity contribution in [2.45, 2.75) is 26.8 Å². The lowest BCUT2D eigenvalue weighted by Gasteiger charge is -2.10. The van der Waals surface area contributed by atoms with Gasteiger partial charge in [0.1, 0.15) is 5.75 Å². The Balaban J connectivity index is 1.88. The Morgan fingerprint density at radius 2 is 1.76 bits per heavy atom. The summed E-state index contributed by atoms with van der Waals surface area (Å²) in [6.45, 7) is 4.51. The summed E-state index contributed by atoms with van der Waals surface area (Å²) in [5, 5.41) is 5.65. The van der Waals surface area contributed by atoms with Crippen LogP contribution in [0.1, 0.15) is 34.0 Å². The molecule has 0 saturated carbocycles. The molecule has 25 heavy (non-hydrogen) atoms. The molecule has 2 aromatic rings. The van der Waals surface area contributed by atoms with Crippen LogP contribution in [0.3, 0.4) is 0 Å². The number of aryl methyl sites for hydroxylation is 1. The fraction of sp³-hybridized carbons (Fsp3) is 0.300. The second kappa shape index (κ2) is 8.87. The number of rotatable bonds is 7. The van der Waals surface area contributed by atoms with Crippen LogP contribution in [0.4, 0.5) is 0 Å². The summed E-state index contributed by atoms with van der Waals surface area (Å²) >= 11 is 0. The van der Waals surface area contributed by atoms with E-state index >= 15 is 0 Å². The molecule has 132 valence electrons. The first-order chi connectivity index (χ1) is 12.0. The van der Waals surface area contributed by atoms with E-state index in [0.717, 1.165) is 22.4 Å². The molecule has 0 aliphatic carbocycles. The first-order valence-electron chi connectivity index (χ1n) is 8.24.